The maximum Gasteiger partial charge on any atom is 0.270 e. The van der Waals surface area contributed by atoms with Gasteiger partial charge in [-0.3, -0.25) is 14.9 Å². The van der Waals surface area contributed by atoms with E-state index in [1.807, 2.05) is 4.72 Å². The highest BCUT2D eigenvalue weighted by Gasteiger charge is 2.21. The van der Waals surface area contributed by atoms with Gasteiger partial charge in [-0.1, -0.05) is 23.2 Å². The molecule has 0 aliphatic carbocycles. The topological polar surface area (TPSA) is 106 Å². The van der Waals surface area contributed by atoms with Crippen LogP contribution in [0.3, 0.4) is 0 Å². The molecule has 0 aliphatic rings. The first-order valence-corrected chi connectivity index (χ1v) is 8.21. The standard InChI is InChI=1S/C13H8Cl2N2O5S/c14-8-1-4-10(5-2-8)23(21,22)16-13(18)11-6-3-9(17(19)20)7-12(11)15/h1-7H,(H,16,18). The van der Waals surface area contributed by atoms with Gasteiger partial charge in [0.05, 0.1) is 20.4 Å². The lowest BCUT2D eigenvalue weighted by Gasteiger charge is -2.08. The summed E-state index contributed by atoms with van der Waals surface area (Å²) in [6.07, 6.45) is 0. The fraction of sp³-hybridized carbons (Fsp3) is 0. The zero-order valence-corrected chi connectivity index (χ0v) is 13.5. The molecule has 23 heavy (non-hydrogen) atoms. The Morgan fingerprint density at radius 3 is 2.22 bits per heavy atom. The Balaban J connectivity index is 2.28. The third kappa shape index (κ3) is 3.98. The fourth-order valence-electron chi connectivity index (χ4n) is 1.65. The molecule has 1 amide bonds. The van der Waals surface area contributed by atoms with E-state index in [-0.39, 0.29) is 21.2 Å². The summed E-state index contributed by atoms with van der Waals surface area (Å²) in [5.41, 5.74) is -0.512. The van der Waals surface area contributed by atoms with Crippen LogP contribution in [0.2, 0.25) is 10.0 Å². The molecular formula is C13H8Cl2N2O5S. The van der Waals surface area contributed by atoms with Gasteiger partial charge in [-0.05, 0) is 30.3 Å². The number of rotatable bonds is 4. The number of sulfonamides is 1. The predicted octanol–water partition coefficient (Wildman–Crippen LogP) is 3.02. The Labute approximate surface area is 141 Å². The molecule has 1 N–H and O–H groups in total. The van der Waals surface area contributed by atoms with Crippen LogP contribution in [0.5, 0.6) is 0 Å². The predicted molar refractivity (Wildman–Crippen MR) is 84.2 cm³/mol. The van der Waals surface area contributed by atoms with Crippen molar-refractivity contribution in [2.45, 2.75) is 4.90 Å². The highest BCUT2D eigenvalue weighted by atomic mass is 35.5. The Kier molecular flexibility index (Phi) is 4.88. The first-order chi connectivity index (χ1) is 10.7. The number of carbonyl (C=O) groups excluding carboxylic acids is 1. The summed E-state index contributed by atoms with van der Waals surface area (Å²) in [6.45, 7) is 0. The van der Waals surface area contributed by atoms with Crippen molar-refractivity contribution in [1.82, 2.24) is 4.72 Å². The van der Waals surface area contributed by atoms with Crippen molar-refractivity contribution in [2.24, 2.45) is 0 Å². The molecule has 120 valence electrons. The number of halogens is 2. The average molecular weight is 375 g/mol. The van der Waals surface area contributed by atoms with Gasteiger partial charge in [-0.25, -0.2) is 13.1 Å². The van der Waals surface area contributed by atoms with E-state index >= 15 is 0 Å². The second-order valence-corrected chi connectivity index (χ2v) is 6.84. The first-order valence-electron chi connectivity index (χ1n) is 5.97. The first kappa shape index (κ1) is 17.2. The summed E-state index contributed by atoms with van der Waals surface area (Å²) in [5.74, 6) is -1.00. The summed E-state index contributed by atoms with van der Waals surface area (Å²) in [6, 6.07) is 8.28. The van der Waals surface area contributed by atoms with Crippen LogP contribution in [-0.4, -0.2) is 19.2 Å². The van der Waals surface area contributed by atoms with E-state index in [4.69, 9.17) is 23.2 Å². The molecule has 0 heterocycles. The lowest BCUT2D eigenvalue weighted by molar-refractivity contribution is -0.384. The molecule has 0 unspecified atom stereocenters. The third-order valence-electron chi connectivity index (χ3n) is 2.76. The fourth-order valence-corrected chi connectivity index (χ4v) is 3.00. The second kappa shape index (κ2) is 6.53. The van der Waals surface area contributed by atoms with Crippen molar-refractivity contribution in [2.75, 3.05) is 0 Å². The number of benzene rings is 2. The molecule has 10 heteroatoms. The number of nitro benzene ring substituents is 1. The number of nitrogens with one attached hydrogen (secondary N) is 1. The molecule has 0 atom stereocenters. The van der Waals surface area contributed by atoms with Crippen LogP contribution >= 0.6 is 23.2 Å². The summed E-state index contributed by atoms with van der Waals surface area (Å²) in [4.78, 5) is 21.8. The molecule has 2 aromatic rings. The highest BCUT2D eigenvalue weighted by Crippen LogP contribution is 2.23. The van der Waals surface area contributed by atoms with Crippen LogP contribution in [0.25, 0.3) is 0 Å². The van der Waals surface area contributed by atoms with Gasteiger partial charge in [0.2, 0.25) is 0 Å². The summed E-state index contributed by atoms with van der Waals surface area (Å²) >= 11 is 11.5. The molecule has 0 saturated heterocycles. The summed E-state index contributed by atoms with van der Waals surface area (Å²) in [5, 5.41) is 10.7. The molecule has 0 aromatic heterocycles. The van der Waals surface area contributed by atoms with Crippen LogP contribution in [0.4, 0.5) is 5.69 Å². The molecular weight excluding hydrogens is 367 g/mol. The molecule has 2 rings (SSSR count). The highest BCUT2D eigenvalue weighted by molar-refractivity contribution is 7.90. The van der Waals surface area contributed by atoms with Crippen LogP contribution in [0, 0.1) is 10.1 Å². The van der Waals surface area contributed by atoms with E-state index in [9.17, 15) is 23.3 Å². The minimum atomic E-state index is -4.12. The molecule has 0 bridgehead atoms. The maximum atomic E-state index is 12.1. The Bertz CT molecular complexity index is 882. The number of nitrogens with zero attached hydrogens (tertiary/aromatic N) is 1. The van der Waals surface area contributed by atoms with Crippen molar-refractivity contribution in [3.05, 3.63) is 68.2 Å². The van der Waals surface area contributed by atoms with E-state index < -0.39 is 20.9 Å². The zero-order valence-electron chi connectivity index (χ0n) is 11.2. The van der Waals surface area contributed by atoms with Crippen molar-refractivity contribution < 1.29 is 18.1 Å². The maximum absolute atomic E-state index is 12.1. The zero-order chi connectivity index (χ0) is 17.2. The monoisotopic (exact) mass is 374 g/mol. The van der Waals surface area contributed by atoms with Gasteiger partial charge in [0.1, 0.15) is 0 Å². The molecule has 0 fully saturated rings. The summed E-state index contributed by atoms with van der Waals surface area (Å²) in [7, 11) is -4.12. The molecule has 0 spiro atoms. The number of hydrogen-bond acceptors (Lipinski definition) is 5. The quantitative estimate of drug-likeness (QED) is 0.653. The van der Waals surface area contributed by atoms with Crippen molar-refractivity contribution >= 4 is 44.8 Å². The minimum absolute atomic E-state index is 0.159. The lowest BCUT2D eigenvalue weighted by Crippen LogP contribution is -2.30. The molecule has 7 nitrogen and oxygen atoms in total. The van der Waals surface area contributed by atoms with Crippen molar-refractivity contribution in [3.8, 4) is 0 Å². The second-order valence-electron chi connectivity index (χ2n) is 4.31. The van der Waals surface area contributed by atoms with Gasteiger partial charge in [0.25, 0.3) is 21.6 Å². The largest absolute Gasteiger partial charge is 0.270 e. The van der Waals surface area contributed by atoms with Gasteiger partial charge >= 0.3 is 0 Å². The van der Waals surface area contributed by atoms with Gasteiger partial charge in [0, 0.05) is 17.2 Å². The molecule has 0 radical (unpaired) electrons. The van der Waals surface area contributed by atoms with Crippen molar-refractivity contribution in [1.29, 1.82) is 0 Å². The normalized spacial score (nSPS) is 11.0. The average Bonchev–Trinajstić information content (AvgIpc) is 2.46. The Morgan fingerprint density at radius 1 is 1.09 bits per heavy atom. The van der Waals surface area contributed by atoms with E-state index in [1.54, 1.807) is 0 Å². The number of hydrogen-bond donors (Lipinski definition) is 1. The number of non-ortho nitro benzene ring substituents is 1. The number of amides is 1. The Hall–Kier alpha value is -2.16. The van der Waals surface area contributed by atoms with Crippen LogP contribution in [0.15, 0.2) is 47.4 Å². The van der Waals surface area contributed by atoms with E-state index in [2.05, 4.69) is 0 Å². The van der Waals surface area contributed by atoms with Crippen LogP contribution < -0.4 is 4.72 Å². The third-order valence-corrected chi connectivity index (χ3v) is 4.67. The number of carbonyl (C=O) groups is 1. The lowest BCUT2D eigenvalue weighted by atomic mass is 10.2. The van der Waals surface area contributed by atoms with Crippen LogP contribution in [-0.2, 0) is 10.0 Å². The minimum Gasteiger partial charge on any atom is -0.268 e. The van der Waals surface area contributed by atoms with Crippen molar-refractivity contribution in [3.63, 3.8) is 0 Å². The molecule has 2 aromatic carbocycles. The smallest absolute Gasteiger partial charge is 0.268 e. The van der Waals surface area contributed by atoms with E-state index in [1.165, 1.54) is 24.3 Å². The van der Waals surface area contributed by atoms with Gasteiger partial charge < -0.3 is 0 Å². The van der Waals surface area contributed by atoms with Gasteiger partial charge in [0.15, 0.2) is 0 Å². The molecule has 0 aliphatic heterocycles. The summed E-state index contributed by atoms with van der Waals surface area (Å²) < 4.78 is 26.0. The van der Waals surface area contributed by atoms with Gasteiger partial charge in [-0.15, -0.1) is 0 Å². The molecule has 0 saturated carbocycles. The van der Waals surface area contributed by atoms with Crippen LogP contribution in [0.1, 0.15) is 10.4 Å². The number of nitro groups is 1. The van der Waals surface area contributed by atoms with E-state index in [0.29, 0.717) is 5.02 Å². The Morgan fingerprint density at radius 2 is 1.70 bits per heavy atom. The SMILES string of the molecule is O=C(NS(=O)(=O)c1ccc(Cl)cc1)c1ccc([N+](=O)[O-])cc1Cl. The van der Waals surface area contributed by atoms with Gasteiger partial charge in [-0.2, -0.15) is 0 Å². The van der Waals surface area contributed by atoms with E-state index in [0.717, 1.165) is 18.2 Å².